The Morgan fingerprint density at radius 2 is 2.11 bits per heavy atom. The van der Waals surface area contributed by atoms with Crippen LogP contribution in [0.4, 0.5) is 0 Å². The maximum absolute atomic E-state index is 4.87. The number of benzene rings is 1. The Labute approximate surface area is 116 Å². The largest absolute Gasteiger partial charge is 0.299 e. The summed E-state index contributed by atoms with van der Waals surface area (Å²) >= 11 is 0. The molecular formula is C17H24N2. The summed E-state index contributed by atoms with van der Waals surface area (Å²) in [5.74, 6) is 0.740. The number of aliphatic imine (C=N–C) groups is 1. The van der Waals surface area contributed by atoms with E-state index >= 15 is 0 Å². The van der Waals surface area contributed by atoms with Crippen LogP contribution >= 0.6 is 0 Å². The molecule has 1 aromatic rings. The first-order valence-electron chi connectivity index (χ1n) is 7.62. The van der Waals surface area contributed by atoms with Gasteiger partial charge in [0.1, 0.15) is 0 Å². The van der Waals surface area contributed by atoms with Crippen LogP contribution in [0.2, 0.25) is 0 Å². The summed E-state index contributed by atoms with van der Waals surface area (Å²) in [6.45, 7) is 5.83. The third kappa shape index (κ3) is 2.59. The van der Waals surface area contributed by atoms with E-state index in [2.05, 4.69) is 48.4 Å². The predicted octanol–water partition coefficient (Wildman–Crippen LogP) is 3.52. The minimum Gasteiger partial charge on any atom is -0.299 e. The number of hydrogen-bond donors (Lipinski definition) is 0. The molecule has 0 radical (unpaired) electrons. The van der Waals surface area contributed by atoms with Gasteiger partial charge in [0.25, 0.3) is 0 Å². The number of piperidine rings is 1. The van der Waals surface area contributed by atoms with Crippen LogP contribution in [0.3, 0.4) is 0 Å². The molecule has 1 spiro atoms. The molecule has 0 unspecified atom stereocenters. The summed E-state index contributed by atoms with van der Waals surface area (Å²) in [5.41, 5.74) is 1.73. The van der Waals surface area contributed by atoms with Gasteiger partial charge in [-0.15, -0.1) is 0 Å². The van der Waals surface area contributed by atoms with Gasteiger partial charge in [0.2, 0.25) is 0 Å². The van der Waals surface area contributed by atoms with Crippen LogP contribution in [0.5, 0.6) is 0 Å². The highest BCUT2D eigenvalue weighted by molar-refractivity contribution is 5.61. The van der Waals surface area contributed by atoms with E-state index in [0.717, 1.165) is 12.5 Å². The van der Waals surface area contributed by atoms with Gasteiger partial charge in [-0.25, -0.2) is 0 Å². The van der Waals surface area contributed by atoms with E-state index in [1.165, 1.54) is 44.3 Å². The quantitative estimate of drug-likeness (QED) is 0.808. The second-order valence-corrected chi connectivity index (χ2v) is 6.03. The Kier molecular flexibility index (Phi) is 3.69. The van der Waals surface area contributed by atoms with Gasteiger partial charge in [-0.05, 0) is 43.4 Å². The molecule has 2 heterocycles. The fourth-order valence-corrected chi connectivity index (χ4v) is 3.75. The van der Waals surface area contributed by atoms with Crippen molar-refractivity contribution < 1.29 is 0 Å². The first-order chi connectivity index (χ1) is 9.32. The Balaban J connectivity index is 1.66. The van der Waals surface area contributed by atoms with Gasteiger partial charge in [0.15, 0.2) is 0 Å². The molecule has 1 fully saturated rings. The van der Waals surface area contributed by atoms with Gasteiger partial charge in [-0.1, -0.05) is 37.3 Å². The minimum atomic E-state index is 0.294. The Bertz CT molecular complexity index is 440. The van der Waals surface area contributed by atoms with E-state index in [1.807, 2.05) is 0 Å². The van der Waals surface area contributed by atoms with Gasteiger partial charge in [0, 0.05) is 19.6 Å². The fraction of sp³-hybridized carbons (Fsp3) is 0.588. The van der Waals surface area contributed by atoms with Crippen LogP contribution in [0, 0.1) is 5.92 Å². The molecule has 0 N–H and O–H groups in total. The molecule has 2 atom stereocenters. The summed E-state index contributed by atoms with van der Waals surface area (Å²) in [5, 5.41) is 0. The van der Waals surface area contributed by atoms with Gasteiger partial charge in [-0.3, -0.25) is 9.89 Å². The molecule has 19 heavy (non-hydrogen) atoms. The number of hydrogen-bond acceptors (Lipinski definition) is 2. The lowest BCUT2D eigenvalue weighted by Crippen LogP contribution is -2.49. The monoisotopic (exact) mass is 256 g/mol. The van der Waals surface area contributed by atoms with Crippen molar-refractivity contribution in [2.24, 2.45) is 10.9 Å². The molecular weight excluding hydrogens is 232 g/mol. The molecule has 2 aliphatic heterocycles. The molecule has 0 saturated carbocycles. The van der Waals surface area contributed by atoms with Crippen molar-refractivity contribution in [1.82, 2.24) is 4.90 Å². The molecule has 0 aromatic heterocycles. The van der Waals surface area contributed by atoms with Crippen LogP contribution in [0.1, 0.15) is 38.2 Å². The molecule has 0 bridgehead atoms. The SMILES string of the molecule is CC[C@H]1CN(Cc2ccccc2)CC[C@@]12CCC=N2. The molecule has 1 aromatic carbocycles. The first-order valence-corrected chi connectivity index (χ1v) is 7.62. The fourth-order valence-electron chi connectivity index (χ4n) is 3.75. The topological polar surface area (TPSA) is 15.6 Å². The van der Waals surface area contributed by atoms with Crippen molar-refractivity contribution in [2.45, 2.75) is 44.7 Å². The van der Waals surface area contributed by atoms with E-state index in [4.69, 9.17) is 4.99 Å². The third-order valence-electron chi connectivity index (χ3n) is 4.90. The Morgan fingerprint density at radius 1 is 1.26 bits per heavy atom. The summed E-state index contributed by atoms with van der Waals surface area (Å²) < 4.78 is 0. The summed E-state index contributed by atoms with van der Waals surface area (Å²) in [4.78, 5) is 7.48. The van der Waals surface area contributed by atoms with Gasteiger partial charge in [-0.2, -0.15) is 0 Å². The van der Waals surface area contributed by atoms with Crippen LogP contribution in [0.25, 0.3) is 0 Å². The average molecular weight is 256 g/mol. The zero-order valence-electron chi connectivity index (χ0n) is 11.9. The summed E-state index contributed by atoms with van der Waals surface area (Å²) in [6, 6.07) is 10.8. The second-order valence-electron chi connectivity index (χ2n) is 6.03. The molecule has 0 aliphatic carbocycles. The zero-order chi connectivity index (χ0) is 13.1. The lowest BCUT2D eigenvalue weighted by molar-refractivity contribution is 0.0884. The second kappa shape index (κ2) is 5.46. The van der Waals surface area contributed by atoms with E-state index in [9.17, 15) is 0 Å². The molecule has 2 nitrogen and oxygen atoms in total. The van der Waals surface area contributed by atoms with E-state index in [0.29, 0.717) is 5.54 Å². The van der Waals surface area contributed by atoms with Crippen LogP contribution in [0.15, 0.2) is 35.3 Å². The number of rotatable bonds is 3. The zero-order valence-corrected chi connectivity index (χ0v) is 11.9. The Hall–Kier alpha value is -1.15. The van der Waals surface area contributed by atoms with Crippen molar-refractivity contribution in [3.8, 4) is 0 Å². The Morgan fingerprint density at radius 3 is 2.79 bits per heavy atom. The lowest BCUT2D eigenvalue weighted by Gasteiger charge is -2.44. The van der Waals surface area contributed by atoms with Gasteiger partial charge in [0.05, 0.1) is 5.54 Å². The van der Waals surface area contributed by atoms with Crippen molar-refractivity contribution in [1.29, 1.82) is 0 Å². The van der Waals surface area contributed by atoms with E-state index < -0.39 is 0 Å². The van der Waals surface area contributed by atoms with Crippen molar-refractivity contribution >= 4 is 6.21 Å². The predicted molar refractivity (Wildman–Crippen MR) is 80.6 cm³/mol. The molecule has 1 saturated heterocycles. The maximum atomic E-state index is 4.87. The first kappa shape index (κ1) is 12.9. The number of likely N-dealkylation sites (tertiary alicyclic amines) is 1. The normalized spacial score (nSPS) is 31.1. The smallest absolute Gasteiger partial charge is 0.0660 e. The molecule has 2 heteroatoms. The van der Waals surface area contributed by atoms with Crippen molar-refractivity contribution in [3.05, 3.63) is 35.9 Å². The standard InChI is InChI=1S/C17H24N2/c1-2-16-14-19(13-15-7-4-3-5-8-15)12-10-17(16)9-6-11-18-17/h3-5,7-8,11,16H,2,6,9-10,12-14H2,1H3/t16-,17-/m0/s1. The van der Waals surface area contributed by atoms with E-state index in [-0.39, 0.29) is 0 Å². The lowest BCUT2D eigenvalue weighted by atomic mass is 9.75. The molecule has 0 amide bonds. The molecule has 2 aliphatic rings. The summed E-state index contributed by atoms with van der Waals surface area (Å²) in [7, 11) is 0. The number of nitrogens with zero attached hydrogens (tertiary/aromatic N) is 2. The van der Waals surface area contributed by atoms with E-state index in [1.54, 1.807) is 0 Å². The molecule has 3 rings (SSSR count). The van der Waals surface area contributed by atoms with Crippen LogP contribution in [-0.2, 0) is 6.54 Å². The molecule has 102 valence electrons. The van der Waals surface area contributed by atoms with Crippen LogP contribution in [-0.4, -0.2) is 29.7 Å². The van der Waals surface area contributed by atoms with Gasteiger partial charge >= 0.3 is 0 Å². The van der Waals surface area contributed by atoms with Crippen molar-refractivity contribution in [3.63, 3.8) is 0 Å². The highest BCUT2D eigenvalue weighted by Crippen LogP contribution is 2.40. The minimum absolute atomic E-state index is 0.294. The van der Waals surface area contributed by atoms with Gasteiger partial charge < -0.3 is 0 Å². The third-order valence-corrected chi connectivity index (χ3v) is 4.90. The maximum Gasteiger partial charge on any atom is 0.0660 e. The highest BCUT2D eigenvalue weighted by atomic mass is 15.2. The average Bonchev–Trinajstić information content (AvgIpc) is 2.92. The van der Waals surface area contributed by atoms with Crippen LogP contribution < -0.4 is 0 Å². The summed E-state index contributed by atoms with van der Waals surface area (Å²) in [6.07, 6.45) is 7.13. The van der Waals surface area contributed by atoms with Crippen molar-refractivity contribution in [2.75, 3.05) is 13.1 Å². The highest BCUT2D eigenvalue weighted by Gasteiger charge is 2.42.